The van der Waals surface area contributed by atoms with Crippen molar-refractivity contribution in [1.82, 2.24) is 15.2 Å². The summed E-state index contributed by atoms with van der Waals surface area (Å²) in [6.45, 7) is 8.31. The van der Waals surface area contributed by atoms with E-state index in [-0.39, 0.29) is 24.8 Å². The molecule has 0 spiro atoms. The Kier molecular flexibility index (Phi) is 7.16. The van der Waals surface area contributed by atoms with Gasteiger partial charge in [-0.3, -0.25) is 4.90 Å². The van der Waals surface area contributed by atoms with Crippen molar-refractivity contribution in [3.8, 4) is 11.5 Å². The summed E-state index contributed by atoms with van der Waals surface area (Å²) < 4.78 is 5.79. The minimum Gasteiger partial charge on any atom is -0.441 e. The number of thiophene rings is 1. The monoisotopic (exact) mass is 349 g/mol. The van der Waals surface area contributed by atoms with Crippen molar-refractivity contribution in [2.75, 3.05) is 19.6 Å². The summed E-state index contributed by atoms with van der Waals surface area (Å²) in [4.78, 5) is 7.12. The lowest BCUT2D eigenvalue weighted by Gasteiger charge is -2.33. The first-order chi connectivity index (χ1) is 9.24. The first kappa shape index (κ1) is 18.5. The van der Waals surface area contributed by atoms with Crippen molar-refractivity contribution < 1.29 is 4.42 Å². The van der Waals surface area contributed by atoms with Crippen molar-refractivity contribution >= 4 is 36.2 Å². The van der Waals surface area contributed by atoms with Gasteiger partial charge in [0.1, 0.15) is 5.76 Å². The van der Waals surface area contributed by atoms with Gasteiger partial charge in [-0.15, -0.1) is 24.8 Å². The Labute approximate surface area is 141 Å². The Morgan fingerprint density at radius 1 is 1.48 bits per heavy atom. The third kappa shape index (κ3) is 4.20. The second kappa shape index (κ2) is 8.15. The number of rotatable bonds is 3. The molecule has 1 atom stereocenters. The van der Waals surface area contributed by atoms with Crippen LogP contribution in [0.25, 0.3) is 11.5 Å². The van der Waals surface area contributed by atoms with E-state index in [0.717, 1.165) is 49.1 Å². The van der Waals surface area contributed by atoms with E-state index >= 15 is 0 Å². The van der Waals surface area contributed by atoms with E-state index in [2.05, 4.69) is 27.5 Å². The Morgan fingerprint density at radius 2 is 2.29 bits per heavy atom. The van der Waals surface area contributed by atoms with Gasteiger partial charge in [-0.1, -0.05) is 0 Å². The Bertz CT molecular complexity index is 544. The average molecular weight is 350 g/mol. The van der Waals surface area contributed by atoms with Gasteiger partial charge in [-0.05, 0) is 25.3 Å². The van der Waals surface area contributed by atoms with E-state index < -0.39 is 0 Å². The van der Waals surface area contributed by atoms with Crippen LogP contribution in [0.15, 0.2) is 21.2 Å². The highest BCUT2D eigenvalue weighted by Gasteiger charge is 2.21. The molecule has 1 aliphatic rings. The van der Waals surface area contributed by atoms with Crippen LogP contribution >= 0.6 is 36.2 Å². The van der Waals surface area contributed by atoms with Crippen LogP contribution in [0, 0.1) is 6.92 Å². The van der Waals surface area contributed by atoms with E-state index in [4.69, 9.17) is 4.42 Å². The molecule has 0 bridgehead atoms. The van der Waals surface area contributed by atoms with E-state index in [9.17, 15) is 0 Å². The molecular formula is C14H21Cl2N3OS. The fraction of sp³-hybridized carbons (Fsp3) is 0.500. The zero-order valence-electron chi connectivity index (χ0n) is 12.2. The molecule has 0 amide bonds. The molecule has 3 heterocycles. The van der Waals surface area contributed by atoms with Crippen molar-refractivity contribution in [2.45, 2.75) is 26.4 Å². The highest BCUT2D eigenvalue weighted by atomic mass is 35.5. The average Bonchev–Trinajstić information content (AvgIpc) is 3.02. The summed E-state index contributed by atoms with van der Waals surface area (Å²) >= 11 is 1.67. The van der Waals surface area contributed by atoms with Gasteiger partial charge in [0, 0.05) is 43.2 Å². The fourth-order valence-electron chi connectivity index (χ4n) is 2.39. The summed E-state index contributed by atoms with van der Waals surface area (Å²) in [5.41, 5.74) is 2.14. The van der Waals surface area contributed by atoms with Crippen LogP contribution in [0.3, 0.4) is 0 Å². The molecule has 0 radical (unpaired) electrons. The van der Waals surface area contributed by atoms with Crippen molar-refractivity contribution in [1.29, 1.82) is 0 Å². The SMILES string of the molecule is Cc1oc(-c2ccsc2)nc1CN1CCNC[C@@H]1C.Cl.Cl. The molecule has 0 aliphatic carbocycles. The van der Waals surface area contributed by atoms with Gasteiger partial charge in [0.15, 0.2) is 0 Å². The minimum absolute atomic E-state index is 0. The first-order valence-electron chi connectivity index (χ1n) is 6.67. The third-order valence-corrected chi connectivity index (χ3v) is 4.34. The van der Waals surface area contributed by atoms with Crippen LogP contribution in [-0.2, 0) is 6.54 Å². The number of aryl methyl sites for hydroxylation is 1. The number of nitrogens with zero attached hydrogens (tertiary/aromatic N) is 2. The molecule has 2 aromatic rings. The molecule has 1 fully saturated rings. The summed E-state index contributed by atoms with van der Waals surface area (Å²) in [5, 5.41) is 7.53. The largest absolute Gasteiger partial charge is 0.441 e. The fourth-order valence-corrected chi connectivity index (χ4v) is 3.02. The van der Waals surface area contributed by atoms with Gasteiger partial charge in [0.25, 0.3) is 0 Å². The van der Waals surface area contributed by atoms with E-state index in [0.29, 0.717) is 6.04 Å². The van der Waals surface area contributed by atoms with Crippen LogP contribution in [-0.4, -0.2) is 35.6 Å². The maximum atomic E-state index is 5.79. The molecule has 1 aliphatic heterocycles. The Hall–Kier alpha value is -0.590. The highest BCUT2D eigenvalue weighted by molar-refractivity contribution is 7.08. The molecule has 7 heteroatoms. The maximum absolute atomic E-state index is 5.79. The lowest BCUT2D eigenvalue weighted by Crippen LogP contribution is -2.49. The number of oxazole rings is 1. The molecule has 0 unspecified atom stereocenters. The second-order valence-corrected chi connectivity index (χ2v) is 5.84. The maximum Gasteiger partial charge on any atom is 0.227 e. The van der Waals surface area contributed by atoms with E-state index in [1.54, 1.807) is 11.3 Å². The predicted octanol–water partition coefficient (Wildman–Crippen LogP) is 3.35. The number of hydrogen-bond donors (Lipinski definition) is 1. The lowest BCUT2D eigenvalue weighted by atomic mass is 10.2. The first-order valence-corrected chi connectivity index (χ1v) is 7.62. The lowest BCUT2D eigenvalue weighted by molar-refractivity contribution is 0.163. The minimum atomic E-state index is 0. The Morgan fingerprint density at radius 3 is 2.95 bits per heavy atom. The van der Waals surface area contributed by atoms with Gasteiger partial charge in [0.2, 0.25) is 5.89 Å². The smallest absolute Gasteiger partial charge is 0.227 e. The molecule has 1 saturated heterocycles. The highest BCUT2D eigenvalue weighted by Crippen LogP contribution is 2.24. The molecule has 4 nitrogen and oxygen atoms in total. The van der Waals surface area contributed by atoms with Gasteiger partial charge in [-0.2, -0.15) is 11.3 Å². The van der Waals surface area contributed by atoms with Gasteiger partial charge in [-0.25, -0.2) is 4.98 Å². The van der Waals surface area contributed by atoms with Crippen molar-refractivity contribution in [3.05, 3.63) is 28.3 Å². The summed E-state index contributed by atoms with van der Waals surface area (Å²) in [6.07, 6.45) is 0. The predicted molar refractivity (Wildman–Crippen MR) is 91.8 cm³/mol. The second-order valence-electron chi connectivity index (χ2n) is 5.06. The van der Waals surface area contributed by atoms with Crippen LogP contribution in [0.5, 0.6) is 0 Å². The molecule has 0 saturated carbocycles. The van der Waals surface area contributed by atoms with E-state index in [1.165, 1.54) is 0 Å². The zero-order valence-corrected chi connectivity index (χ0v) is 14.6. The Balaban J connectivity index is 0.00000110. The molecule has 3 rings (SSSR count). The zero-order chi connectivity index (χ0) is 13.2. The number of aromatic nitrogens is 1. The van der Waals surface area contributed by atoms with Gasteiger partial charge < -0.3 is 9.73 Å². The number of hydrogen-bond acceptors (Lipinski definition) is 5. The summed E-state index contributed by atoms with van der Waals surface area (Å²) in [5.74, 6) is 1.68. The van der Waals surface area contributed by atoms with Crippen LogP contribution in [0.1, 0.15) is 18.4 Å². The molecule has 2 aromatic heterocycles. The standard InChI is InChI=1S/C14H19N3OS.2ClH/c1-10-7-15-4-5-17(10)8-13-11(2)18-14(16-13)12-3-6-19-9-12;;/h3,6,9-10,15H,4-5,7-8H2,1-2H3;2*1H/t10-;;/m0../s1. The molecule has 0 aromatic carbocycles. The van der Waals surface area contributed by atoms with Crippen LogP contribution in [0.4, 0.5) is 0 Å². The molecule has 1 N–H and O–H groups in total. The van der Waals surface area contributed by atoms with Crippen molar-refractivity contribution in [3.63, 3.8) is 0 Å². The van der Waals surface area contributed by atoms with Gasteiger partial charge >= 0.3 is 0 Å². The van der Waals surface area contributed by atoms with Crippen LogP contribution < -0.4 is 5.32 Å². The number of nitrogens with one attached hydrogen (secondary N) is 1. The summed E-state index contributed by atoms with van der Waals surface area (Å²) in [6, 6.07) is 2.60. The number of piperazine rings is 1. The molecular weight excluding hydrogens is 329 g/mol. The summed E-state index contributed by atoms with van der Waals surface area (Å²) in [7, 11) is 0. The topological polar surface area (TPSA) is 41.3 Å². The van der Waals surface area contributed by atoms with Gasteiger partial charge in [0.05, 0.1) is 5.69 Å². The van der Waals surface area contributed by atoms with E-state index in [1.807, 2.05) is 18.4 Å². The molecule has 21 heavy (non-hydrogen) atoms. The number of halogens is 2. The van der Waals surface area contributed by atoms with Crippen molar-refractivity contribution in [2.24, 2.45) is 0 Å². The normalized spacial score (nSPS) is 18.9. The van der Waals surface area contributed by atoms with Crippen LogP contribution in [0.2, 0.25) is 0 Å². The molecule has 118 valence electrons. The third-order valence-electron chi connectivity index (χ3n) is 3.65. The quantitative estimate of drug-likeness (QED) is 0.922.